The van der Waals surface area contributed by atoms with Gasteiger partial charge in [0.05, 0.1) is 11.7 Å². The molecule has 4 heteroatoms. The topological polar surface area (TPSA) is 77.8 Å². The van der Waals surface area contributed by atoms with E-state index in [2.05, 4.69) is 27.7 Å². The summed E-state index contributed by atoms with van der Waals surface area (Å²) in [4.78, 5) is 11.1. The third-order valence-corrected chi connectivity index (χ3v) is 11.1. The van der Waals surface area contributed by atoms with Gasteiger partial charge in [-0.3, -0.25) is 4.79 Å². The van der Waals surface area contributed by atoms with Crippen molar-refractivity contribution in [2.24, 2.45) is 52.3 Å². The van der Waals surface area contributed by atoms with Crippen LogP contribution in [-0.2, 0) is 4.79 Å². The van der Waals surface area contributed by atoms with Crippen LogP contribution in [0.25, 0.3) is 0 Å². The lowest BCUT2D eigenvalue weighted by Crippen LogP contribution is -2.61. The number of carbonyl (C=O) groups is 1. The summed E-state index contributed by atoms with van der Waals surface area (Å²) in [5.41, 5.74) is -0.160. The number of hydrogen-bond acceptors (Lipinski definition) is 3. The van der Waals surface area contributed by atoms with Gasteiger partial charge >= 0.3 is 5.97 Å². The van der Waals surface area contributed by atoms with Gasteiger partial charge in [0.1, 0.15) is 0 Å². The van der Waals surface area contributed by atoms with E-state index in [1.165, 1.54) is 25.7 Å². The van der Waals surface area contributed by atoms with Gasteiger partial charge < -0.3 is 15.3 Å². The molecule has 1 unspecified atom stereocenters. The van der Waals surface area contributed by atoms with Gasteiger partial charge in [-0.1, -0.05) is 27.7 Å². The normalized spacial score (nSPS) is 54.0. The molecule has 0 spiro atoms. The fourth-order valence-corrected chi connectivity index (χ4v) is 9.26. The average Bonchev–Trinajstić information content (AvgIpc) is 2.99. The summed E-state index contributed by atoms with van der Waals surface area (Å²) < 4.78 is 0. The Hall–Kier alpha value is -0.610. The number of aliphatic carboxylic acids is 1. The van der Waals surface area contributed by atoms with Gasteiger partial charge in [0.25, 0.3) is 0 Å². The van der Waals surface area contributed by atoms with E-state index >= 15 is 0 Å². The van der Waals surface area contributed by atoms with Gasteiger partial charge in [0.15, 0.2) is 0 Å². The van der Waals surface area contributed by atoms with Crippen molar-refractivity contribution in [2.75, 3.05) is 0 Å². The third kappa shape index (κ3) is 3.36. The van der Waals surface area contributed by atoms with Crippen LogP contribution in [0.1, 0.15) is 92.4 Å². The first-order valence-electron chi connectivity index (χ1n) is 12.5. The minimum Gasteiger partial charge on any atom is -0.481 e. The lowest BCUT2D eigenvalue weighted by Gasteiger charge is -2.64. The van der Waals surface area contributed by atoms with E-state index < -0.39 is 11.6 Å². The fourth-order valence-electron chi connectivity index (χ4n) is 9.26. The molecule has 0 bridgehead atoms. The number of fused-ring (bicyclic) bond motifs is 5. The van der Waals surface area contributed by atoms with E-state index in [4.69, 9.17) is 5.11 Å². The molecule has 0 aromatic carbocycles. The monoisotopic (exact) mass is 420 g/mol. The van der Waals surface area contributed by atoms with Gasteiger partial charge in [0.2, 0.25) is 0 Å². The van der Waals surface area contributed by atoms with Crippen molar-refractivity contribution in [3.05, 3.63) is 0 Å². The van der Waals surface area contributed by atoms with Gasteiger partial charge in [0, 0.05) is 6.42 Å². The van der Waals surface area contributed by atoms with E-state index in [-0.39, 0.29) is 23.4 Å². The van der Waals surface area contributed by atoms with Crippen molar-refractivity contribution >= 4 is 5.97 Å². The number of aliphatic hydroxyl groups is 2. The van der Waals surface area contributed by atoms with Crippen LogP contribution < -0.4 is 0 Å². The standard InChI is InChI=1S/C26H44O4/c1-15(6-9-22(28)29)18-7-8-19-23-20(10-11-24(18,19)3)25(4)13-16(2)26(5,30)14-17(25)12-21(23)27/h15-21,23,27,30H,6-14H2,1-5H3,(H,28,29)/t15-,16?,17-,18-,19+,20+,21+,23+,24-,25+,26+/m1/s1. The zero-order chi connectivity index (χ0) is 22.1. The van der Waals surface area contributed by atoms with Crippen molar-refractivity contribution in [1.29, 1.82) is 0 Å². The minimum atomic E-state index is -0.686. The van der Waals surface area contributed by atoms with Crippen molar-refractivity contribution in [3.63, 3.8) is 0 Å². The minimum absolute atomic E-state index is 0.222. The molecule has 30 heavy (non-hydrogen) atoms. The molecule has 0 saturated heterocycles. The van der Waals surface area contributed by atoms with E-state index in [9.17, 15) is 15.0 Å². The van der Waals surface area contributed by atoms with Crippen LogP contribution in [0, 0.1) is 52.3 Å². The van der Waals surface area contributed by atoms with Gasteiger partial charge in [-0.25, -0.2) is 0 Å². The van der Waals surface area contributed by atoms with E-state index in [1.54, 1.807) is 0 Å². The molecule has 0 aliphatic heterocycles. The molecule has 0 aromatic rings. The summed E-state index contributed by atoms with van der Waals surface area (Å²) in [6, 6.07) is 0. The molecule has 4 saturated carbocycles. The van der Waals surface area contributed by atoms with E-state index in [1.807, 2.05) is 6.92 Å². The summed E-state index contributed by atoms with van der Waals surface area (Å²) in [5, 5.41) is 31.5. The van der Waals surface area contributed by atoms with E-state index in [0.29, 0.717) is 41.4 Å². The van der Waals surface area contributed by atoms with Crippen LogP contribution in [0.5, 0.6) is 0 Å². The summed E-state index contributed by atoms with van der Waals surface area (Å²) in [6.45, 7) is 11.4. The molecule has 4 nitrogen and oxygen atoms in total. The highest BCUT2D eigenvalue weighted by Crippen LogP contribution is 2.69. The molecule has 0 aromatic heterocycles. The molecule has 4 rings (SSSR count). The number of rotatable bonds is 4. The number of carboxylic acid groups (broad SMARTS) is 1. The van der Waals surface area contributed by atoms with Crippen LogP contribution in [-0.4, -0.2) is 33.0 Å². The van der Waals surface area contributed by atoms with Gasteiger partial charge in [-0.2, -0.15) is 0 Å². The second-order valence-corrected chi connectivity index (χ2v) is 12.6. The largest absolute Gasteiger partial charge is 0.481 e. The number of carboxylic acids is 1. The van der Waals surface area contributed by atoms with Crippen molar-refractivity contribution in [1.82, 2.24) is 0 Å². The van der Waals surface area contributed by atoms with Crippen LogP contribution in [0.4, 0.5) is 0 Å². The predicted molar refractivity (Wildman–Crippen MR) is 118 cm³/mol. The molecule has 0 heterocycles. The Balaban J connectivity index is 1.58. The molecule has 4 aliphatic carbocycles. The van der Waals surface area contributed by atoms with E-state index in [0.717, 1.165) is 25.7 Å². The average molecular weight is 421 g/mol. The second-order valence-electron chi connectivity index (χ2n) is 12.6. The fraction of sp³-hybridized carbons (Fsp3) is 0.962. The Bertz CT molecular complexity index is 674. The second kappa shape index (κ2) is 7.47. The Labute approximate surface area is 182 Å². The van der Waals surface area contributed by atoms with Crippen LogP contribution in [0.2, 0.25) is 0 Å². The lowest BCUT2D eigenvalue weighted by atomic mass is 9.42. The summed E-state index contributed by atoms with van der Waals surface area (Å²) in [7, 11) is 0. The van der Waals surface area contributed by atoms with Gasteiger partial charge in [-0.05, 0) is 111 Å². The van der Waals surface area contributed by atoms with Crippen molar-refractivity contribution < 1.29 is 20.1 Å². The first kappa shape index (κ1) is 22.6. The highest BCUT2D eigenvalue weighted by Gasteiger charge is 2.64. The first-order valence-corrected chi connectivity index (χ1v) is 12.5. The molecule has 172 valence electrons. The van der Waals surface area contributed by atoms with Crippen LogP contribution >= 0.6 is 0 Å². The van der Waals surface area contributed by atoms with Gasteiger partial charge in [-0.15, -0.1) is 0 Å². The van der Waals surface area contributed by atoms with Crippen LogP contribution in [0.3, 0.4) is 0 Å². The Kier molecular flexibility index (Phi) is 5.62. The SMILES string of the molecule is CC1C[C@@]2(C)[C@H](C[C@H](O)[C@@H]3[C@@H]2CC[C@]2(C)[C@@H]([C@H](C)CCC(=O)O)CC[C@@H]32)C[C@]1(C)O. The molecule has 4 fully saturated rings. The highest BCUT2D eigenvalue weighted by atomic mass is 16.4. The Morgan fingerprint density at radius 2 is 1.73 bits per heavy atom. The smallest absolute Gasteiger partial charge is 0.303 e. The lowest BCUT2D eigenvalue weighted by molar-refractivity contribution is -0.199. The molecule has 11 atom stereocenters. The quantitative estimate of drug-likeness (QED) is 0.590. The van der Waals surface area contributed by atoms with Crippen molar-refractivity contribution in [3.8, 4) is 0 Å². The molecule has 4 aliphatic rings. The van der Waals surface area contributed by atoms with Crippen LogP contribution in [0.15, 0.2) is 0 Å². The predicted octanol–water partition coefficient (Wildman–Crippen LogP) is 5.11. The summed E-state index contributed by atoms with van der Waals surface area (Å²) in [5.74, 6) is 2.51. The third-order valence-electron chi connectivity index (χ3n) is 11.1. The maximum atomic E-state index is 11.4. The highest BCUT2D eigenvalue weighted by molar-refractivity contribution is 5.66. The zero-order valence-corrected chi connectivity index (χ0v) is 19.7. The molecule has 0 amide bonds. The maximum Gasteiger partial charge on any atom is 0.303 e. The molecular formula is C26H44O4. The Morgan fingerprint density at radius 3 is 2.40 bits per heavy atom. The Morgan fingerprint density at radius 1 is 1.07 bits per heavy atom. The summed E-state index contributed by atoms with van der Waals surface area (Å²) in [6.07, 6.45) is 8.27. The summed E-state index contributed by atoms with van der Waals surface area (Å²) >= 11 is 0. The molecule has 0 radical (unpaired) electrons. The molecule has 3 N–H and O–H groups in total. The first-order chi connectivity index (χ1) is 13.9. The maximum absolute atomic E-state index is 11.4. The zero-order valence-electron chi connectivity index (χ0n) is 19.7. The number of hydrogen-bond donors (Lipinski definition) is 3. The van der Waals surface area contributed by atoms with Crippen molar-refractivity contribution in [2.45, 2.75) is 104 Å². The molecular weight excluding hydrogens is 376 g/mol. The number of aliphatic hydroxyl groups excluding tert-OH is 1.